The van der Waals surface area contributed by atoms with Gasteiger partial charge in [-0.3, -0.25) is 4.79 Å². The molecular weight excluding hydrogens is 353 g/mol. The van der Waals surface area contributed by atoms with Crippen LogP contribution in [0.4, 0.5) is 18.9 Å². The lowest BCUT2D eigenvalue weighted by Gasteiger charge is -2.29. The minimum absolute atomic E-state index is 0.255. The number of carbonyl (C=O) groups excluding carboxylic acids is 1. The number of rotatable bonds is 4. The molecule has 1 aliphatic rings. The van der Waals surface area contributed by atoms with E-state index < -0.39 is 17.6 Å². The summed E-state index contributed by atoms with van der Waals surface area (Å²) >= 11 is 0. The largest absolute Gasteiger partial charge is 0.417 e. The Morgan fingerprint density at radius 3 is 2.26 bits per heavy atom. The first-order chi connectivity index (χ1) is 12.9. The lowest BCUT2D eigenvalue weighted by Crippen LogP contribution is -2.29. The first-order valence-electron chi connectivity index (χ1n) is 9.12. The number of nitrogens with zero attached hydrogens (tertiary/aromatic N) is 2. The summed E-state index contributed by atoms with van der Waals surface area (Å²) < 4.78 is 39.4. The number of hydrogen-bond donors (Lipinski definition) is 0. The Balaban J connectivity index is 1.70. The summed E-state index contributed by atoms with van der Waals surface area (Å²) in [5.74, 6) is -0.636. The summed E-state index contributed by atoms with van der Waals surface area (Å²) in [6.45, 7) is 2.35. The molecule has 2 aromatic rings. The molecule has 0 bridgehead atoms. The van der Waals surface area contributed by atoms with Gasteiger partial charge in [0.25, 0.3) is 5.91 Å². The summed E-state index contributed by atoms with van der Waals surface area (Å²) in [7, 11) is 1.52. The molecule has 6 heteroatoms. The molecule has 27 heavy (non-hydrogen) atoms. The summed E-state index contributed by atoms with van der Waals surface area (Å²) in [6.07, 6.45) is -0.903. The van der Waals surface area contributed by atoms with Crippen LogP contribution in [0, 0.1) is 0 Å². The van der Waals surface area contributed by atoms with Crippen molar-refractivity contribution in [2.45, 2.75) is 32.0 Å². The predicted molar refractivity (Wildman–Crippen MR) is 99.7 cm³/mol. The van der Waals surface area contributed by atoms with Crippen LogP contribution in [-0.4, -0.2) is 30.9 Å². The molecule has 0 N–H and O–H groups in total. The van der Waals surface area contributed by atoms with Gasteiger partial charge in [0.05, 0.1) is 11.1 Å². The third kappa shape index (κ3) is 4.62. The third-order valence-corrected chi connectivity index (χ3v) is 4.89. The van der Waals surface area contributed by atoms with Crippen molar-refractivity contribution >= 4 is 11.6 Å². The first-order valence-corrected chi connectivity index (χ1v) is 9.12. The number of benzene rings is 2. The molecular formula is C21H23F3N2O. The van der Waals surface area contributed by atoms with Gasteiger partial charge in [-0.15, -0.1) is 0 Å². The van der Waals surface area contributed by atoms with E-state index in [-0.39, 0.29) is 12.1 Å². The highest BCUT2D eigenvalue weighted by Gasteiger charge is 2.35. The van der Waals surface area contributed by atoms with E-state index >= 15 is 0 Å². The van der Waals surface area contributed by atoms with Crippen LogP contribution in [0.3, 0.4) is 0 Å². The normalized spacial score (nSPS) is 14.9. The number of hydrogen-bond acceptors (Lipinski definition) is 2. The fourth-order valence-electron chi connectivity index (χ4n) is 3.43. The Morgan fingerprint density at radius 1 is 1.00 bits per heavy atom. The van der Waals surface area contributed by atoms with E-state index in [1.54, 1.807) is 0 Å². The second-order valence-electron chi connectivity index (χ2n) is 6.92. The zero-order valence-electron chi connectivity index (χ0n) is 15.3. The van der Waals surface area contributed by atoms with Crippen LogP contribution in [0.25, 0.3) is 0 Å². The van der Waals surface area contributed by atoms with E-state index in [2.05, 4.69) is 4.90 Å². The van der Waals surface area contributed by atoms with Crippen LogP contribution >= 0.6 is 0 Å². The lowest BCUT2D eigenvalue weighted by atomic mass is 10.1. The van der Waals surface area contributed by atoms with Crippen LogP contribution in [0.2, 0.25) is 0 Å². The monoisotopic (exact) mass is 376 g/mol. The van der Waals surface area contributed by atoms with Gasteiger partial charge < -0.3 is 9.80 Å². The van der Waals surface area contributed by atoms with Gasteiger partial charge in [0, 0.05) is 32.4 Å². The van der Waals surface area contributed by atoms with Crippen LogP contribution in [0.5, 0.6) is 0 Å². The van der Waals surface area contributed by atoms with E-state index in [1.807, 2.05) is 24.3 Å². The van der Waals surface area contributed by atoms with Crippen molar-refractivity contribution in [1.82, 2.24) is 4.90 Å². The zero-order valence-corrected chi connectivity index (χ0v) is 15.3. The standard InChI is InChI=1S/C21H23F3N2O/c1-25(20(27)18-7-3-4-8-19(18)21(22,23)24)15-16-9-11-17(12-10-16)26-13-5-2-6-14-26/h3-4,7-12H,2,5-6,13-15H2,1H3. The van der Waals surface area contributed by atoms with E-state index in [0.717, 1.165) is 30.4 Å². The quantitative estimate of drug-likeness (QED) is 0.752. The zero-order chi connectivity index (χ0) is 19.4. The summed E-state index contributed by atoms with van der Waals surface area (Å²) in [5, 5.41) is 0. The average molecular weight is 376 g/mol. The van der Waals surface area contributed by atoms with Gasteiger partial charge in [0.1, 0.15) is 0 Å². The fourth-order valence-corrected chi connectivity index (χ4v) is 3.43. The van der Waals surface area contributed by atoms with E-state index in [9.17, 15) is 18.0 Å². The maximum Gasteiger partial charge on any atom is 0.417 e. The van der Waals surface area contributed by atoms with Crippen molar-refractivity contribution in [2.75, 3.05) is 25.0 Å². The third-order valence-electron chi connectivity index (χ3n) is 4.89. The molecule has 1 amide bonds. The van der Waals surface area contributed by atoms with Crippen molar-refractivity contribution in [3.8, 4) is 0 Å². The van der Waals surface area contributed by atoms with Crippen molar-refractivity contribution in [3.63, 3.8) is 0 Å². The van der Waals surface area contributed by atoms with Crippen LogP contribution in [0.15, 0.2) is 48.5 Å². The molecule has 3 nitrogen and oxygen atoms in total. The molecule has 144 valence electrons. The Morgan fingerprint density at radius 2 is 1.63 bits per heavy atom. The van der Waals surface area contributed by atoms with E-state index in [1.165, 1.54) is 49.4 Å². The Kier molecular flexibility index (Phi) is 5.73. The maximum atomic E-state index is 13.1. The predicted octanol–water partition coefficient (Wildman–Crippen LogP) is 4.97. The summed E-state index contributed by atoms with van der Waals surface area (Å²) in [4.78, 5) is 16.2. The highest BCUT2D eigenvalue weighted by atomic mass is 19.4. The Hall–Kier alpha value is -2.50. The maximum absolute atomic E-state index is 13.1. The summed E-state index contributed by atoms with van der Waals surface area (Å²) in [6, 6.07) is 12.8. The molecule has 3 rings (SSSR count). The Labute approximate surface area is 157 Å². The van der Waals surface area contributed by atoms with Gasteiger partial charge in [0.2, 0.25) is 0 Å². The fraction of sp³-hybridized carbons (Fsp3) is 0.381. The molecule has 0 radical (unpaired) electrons. The summed E-state index contributed by atoms with van der Waals surface area (Å²) in [5.41, 5.74) is 0.811. The number of halogens is 3. The highest BCUT2D eigenvalue weighted by Crippen LogP contribution is 2.32. The van der Waals surface area contributed by atoms with Gasteiger partial charge >= 0.3 is 6.18 Å². The highest BCUT2D eigenvalue weighted by molar-refractivity contribution is 5.95. The molecule has 2 aromatic carbocycles. The van der Waals surface area contributed by atoms with Crippen molar-refractivity contribution in [2.24, 2.45) is 0 Å². The van der Waals surface area contributed by atoms with Gasteiger partial charge in [-0.2, -0.15) is 13.2 Å². The molecule has 1 heterocycles. The molecule has 1 saturated heterocycles. The van der Waals surface area contributed by atoms with Crippen molar-refractivity contribution < 1.29 is 18.0 Å². The first kappa shape index (κ1) is 19.3. The van der Waals surface area contributed by atoms with Crippen LogP contribution in [-0.2, 0) is 12.7 Å². The number of anilines is 1. The van der Waals surface area contributed by atoms with Gasteiger partial charge in [-0.1, -0.05) is 24.3 Å². The molecule has 0 aromatic heterocycles. The molecule has 1 fully saturated rings. The number of amides is 1. The molecule has 0 aliphatic carbocycles. The van der Waals surface area contributed by atoms with E-state index in [0.29, 0.717) is 0 Å². The molecule has 0 unspecified atom stereocenters. The lowest BCUT2D eigenvalue weighted by molar-refractivity contribution is -0.138. The molecule has 1 aliphatic heterocycles. The number of piperidine rings is 1. The van der Waals surface area contributed by atoms with Crippen LogP contribution < -0.4 is 4.90 Å². The SMILES string of the molecule is CN(Cc1ccc(N2CCCCC2)cc1)C(=O)c1ccccc1C(F)(F)F. The number of carbonyl (C=O) groups is 1. The number of alkyl halides is 3. The topological polar surface area (TPSA) is 23.6 Å². The van der Waals surface area contributed by atoms with Gasteiger partial charge in [-0.25, -0.2) is 0 Å². The van der Waals surface area contributed by atoms with Crippen LogP contribution in [0.1, 0.15) is 40.7 Å². The van der Waals surface area contributed by atoms with Crippen molar-refractivity contribution in [1.29, 1.82) is 0 Å². The Bertz CT molecular complexity index is 781. The average Bonchev–Trinajstić information content (AvgIpc) is 2.68. The minimum Gasteiger partial charge on any atom is -0.372 e. The smallest absolute Gasteiger partial charge is 0.372 e. The minimum atomic E-state index is -4.55. The second-order valence-corrected chi connectivity index (χ2v) is 6.92. The van der Waals surface area contributed by atoms with Crippen molar-refractivity contribution in [3.05, 3.63) is 65.2 Å². The molecule has 0 saturated carbocycles. The van der Waals surface area contributed by atoms with Gasteiger partial charge in [-0.05, 0) is 49.1 Å². The molecule has 0 spiro atoms. The van der Waals surface area contributed by atoms with Gasteiger partial charge in [0.15, 0.2) is 0 Å². The second kappa shape index (κ2) is 8.03. The van der Waals surface area contributed by atoms with E-state index in [4.69, 9.17) is 0 Å². The molecule has 0 atom stereocenters.